The first-order valence-electron chi connectivity index (χ1n) is 6.43. The van der Waals surface area contributed by atoms with Gasteiger partial charge in [-0.2, -0.15) is 0 Å². The van der Waals surface area contributed by atoms with E-state index in [1.54, 1.807) is 11.3 Å². The number of nitrogens with one attached hydrogen (secondary N) is 1. The van der Waals surface area contributed by atoms with Crippen LogP contribution in [0.5, 0.6) is 0 Å². The number of rotatable bonds is 3. The molecule has 1 fully saturated rings. The third-order valence-electron chi connectivity index (χ3n) is 3.67. The number of nitrogens with zero attached hydrogens (tertiary/aromatic N) is 2. The van der Waals surface area contributed by atoms with Gasteiger partial charge < -0.3 is 10.4 Å². The van der Waals surface area contributed by atoms with Crippen molar-refractivity contribution in [1.82, 2.24) is 9.97 Å². The van der Waals surface area contributed by atoms with Crippen LogP contribution in [0.15, 0.2) is 17.8 Å². The number of hydrogen-bond acceptors (Lipinski definition) is 5. The van der Waals surface area contributed by atoms with Crippen LogP contribution in [0.3, 0.4) is 0 Å². The van der Waals surface area contributed by atoms with Crippen LogP contribution in [-0.2, 0) is 4.79 Å². The predicted molar refractivity (Wildman–Crippen MR) is 74.4 cm³/mol. The SMILES string of the molecule is O=C(O)C1CCCCC1Nc1ncnc2sccc12. The summed E-state index contributed by atoms with van der Waals surface area (Å²) in [5.74, 6) is -0.283. The molecular weight excluding hydrogens is 262 g/mol. The number of fused-ring (bicyclic) bond motifs is 1. The van der Waals surface area contributed by atoms with Crippen LogP contribution in [0.25, 0.3) is 10.2 Å². The number of hydrogen-bond donors (Lipinski definition) is 2. The van der Waals surface area contributed by atoms with E-state index in [1.165, 1.54) is 6.33 Å². The van der Waals surface area contributed by atoms with Gasteiger partial charge in [-0.05, 0) is 24.3 Å². The molecule has 3 rings (SSSR count). The van der Waals surface area contributed by atoms with Crippen molar-refractivity contribution in [3.8, 4) is 0 Å². The topological polar surface area (TPSA) is 75.1 Å². The molecule has 0 bridgehead atoms. The van der Waals surface area contributed by atoms with Gasteiger partial charge in [-0.25, -0.2) is 9.97 Å². The zero-order valence-corrected chi connectivity index (χ0v) is 11.2. The summed E-state index contributed by atoms with van der Waals surface area (Å²) in [4.78, 5) is 20.7. The smallest absolute Gasteiger partial charge is 0.308 e. The van der Waals surface area contributed by atoms with Crippen LogP contribution >= 0.6 is 11.3 Å². The minimum Gasteiger partial charge on any atom is -0.481 e. The Kier molecular flexibility index (Phi) is 3.33. The van der Waals surface area contributed by atoms with Gasteiger partial charge in [0.25, 0.3) is 0 Å². The summed E-state index contributed by atoms with van der Waals surface area (Å²) >= 11 is 1.56. The van der Waals surface area contributed by atoms with Crippen molar-refractivity contribution >= 4 is 33.3 Å². The van der Waals surface area contributed by atoms with Gasteiger partial charge in [-0.15, -0.1) is 11.3 Å². The second-order valence-corrected chi connectivity index (χ2v) is 5.74. The molecule has 6 heteroatoms. The Morgan fingerprint density at radius 2 is 2.21 bits per heavy atom. The third-order valence-corrected chi connectivity index (χ3v) is 4.49. The third kappa shape index (κ3) is 2.40. The van der Waals surface area contributed by atoms with E-state index < -0.39 is 5.97 Å². The van der Waals surface area contributed by atoms with E-state index >= 15 is 0 Å². The average Bonchev–Trinajstić information content (AvgIpc) is 2.88. The first kappa shape index (κ1) is 12.3. The van der Waals surface area contributed by atoms with Gasteiger partial charge in [0.2, 0.25) is 0 Å². The second kappa shape index (κ2) is 5.13. The number of aliphatic carboxylic acids is 1. The van der Waals surface area contributed by atoms with E-state index in [4.69, 9.17) is 0 Å². The van der Waals surface area contributed by atoms with Crippen molar-refractivity contribution in [2.24, 2.45) is 5.92 Å². The number of aromatic nitrogens is 2. The van der Waals surface area contributed by atoms with E-state index in [0.717, 1.165) is 41.7 Å². The monoisotopic (exact) mass is 277 g/mol. The molecular formula is C13H15N3O2S. The molecule has 2 unspecified atom stereocenters. The van der Waals surface area contributed by atoms with E-state index in [-0.39, 0.29) is 12.0 Å². The van der Waals surface area contributed by atoms with Gasteiger partial charge in [0.05, 0.1) is 11.3 Å². The Morgan fingerprint density at radius 3 is 3.05 bits per heavy atom. The molecule has 19 heavy (non-hydrogen) atoms. The molecule has 1 saturated carbocycles. The summed E-state index contributed by atoms with van der Waals surface area (Å²) in [6.45, 7) is 0. The van der Waals surface area contributed by atoms with Crippen molar-refractivity contribution in [3.63, 3.8) is 0 Å². The number of carboxylic acid groups (broad SMARTS) is 1. The van der Waals surface area contributed by atoms with Crippen molar-refractivity contribution < 1.29 is 9.90 Å². The van der Waals surface area contributed by atoms with Crippen LogP contribution in [0, 0.1) is 5.92 Å². The summed E-state index contributed by atoms with van der Waals surface area (Å²) in [6, 6.07) is 1.94. The minimum atomic E-state index is -0.715. The van der Waals surface area contributed by atoms with Crippen LogP contribution in [0.1, 0.15) is 25.7 Å². The summed E-state index contributed by atoms with van der Waals surface area (Å²) in [6.07, 6.45) is 5.21. The summed E-state index contributed by atoms with van der Waals surface area (Å²) < 4.78 is 0. The highest BCUT2D eigenvalue weighted by Gasteiger charge is 2.31. The van der Waals surface area contributed by atoms with Gasteiger partial charge in [-0.1, -0.05) is 12.8 Å². The fourth-order valence-electron chi connectivity index (χ4n) is 2.68. The Bertz CT molecular complexity index is 598. The van der Waals surface area contributed by atoms with Gasteiger partial charge in [0.1, 0.15) is 17.0 Å². The van der Waals surface area contributed by atoms with E-state index in [0.29, 0.717) is 0 Å². The van der Waals surface area contributed by atoms with Crippen LogP contribution < -0.4 is 5.32 Å². The lowest BCUT2D eigenvalue weighted by atomic mass is 9.84. The lowest BCUT2D eigenvalue weighted by Crippen LogP contribution is -2.37. The number of carboxylic acids is 1. The molecule has 1 aliphatic rings. The summed E-state index contributed by atoms with van der Waals surface area (Å²) in [5.41, 5.74) is 0. The molecule has 5 nitrogen and oxygen atoms in total. The minimum absolute atomic E-state index is 0.0377. The maximum atomic E-state index is 11.3. The van der Waals surface area contributed by atoms with Gasteiger partial charge in [0, 0.05) is 6.04 Å². The lowest BCUT2D eigenvalue weighted by Gasteiger charge is -2.29. The van der Waals surface area contributed by atoms with E-state index in [9.17, 15) is 9.90 Å². The highest BCUT2D eigenvalue weighted by atomic mass is 32.1. The van der Waals surface area contributed by atoms with E-state index in [1.807, 2.05) is 11.4 Å². The molecule has 0 aromatic carbocycles. The van der Waals surface area contributed by atoms with Crippen LogP contribution in [-0.4, -0.2) is 27.1 Å². The van der Waals surface area contributed by atoms with Crippen molar-refractivity contribution in [3.05, 3.63) is 17.8 Å². The first-order valence-corrected chi connectivity index (χ1v) is 7.31. The molecule has 2 atom stereocenters. The average molecular weight is 277 g/mol. The quantitative estimate of drug-likeness (QED) is 0.902. The van der Waals surface area contributed by atoms with Gasteiger partial charge in [-0.3, -0.25) is 4.79 Å². The van der Waals surface area contributed by atoms with Gasteiger partial charge in [0.15, 0.2) is 0 Å². The molecule has 0 amide bonds. The number of carbonyl (C=O) groups is 1. The molecule has 100 valence electrons. The standard InChI is InChI=1S/C13H15N3O2S/c17-13(18)8-3-1-2-4-10(8)16-11-9-5-6-19-12(9)15-7-14-11/h5-8,10H,1-4H2,(H,17,18)(H,14,15,16). The maximum absolute atomic E-state index is 11.3. The molecule has 2 aromatic heterocycles. The van der Waals surface area contributed by atoms with Crippen LogP contribution in [0.4, 0.5) is 5.82 Å². The summed E-state index contributed by atoms with van der Waals surface area (Å²) in [5, 5.41) is 15.6. The van der Waals surface area contributed by atoms with Crippen LogP contribution in [0.2, 0.25) is 0 Å². The zero-order valence-electron chi connectivity index (χ0n) is 10.4. The molecule has 2 heterocycles. The first-order chi connectivity index (χ1) is 9.25. The molecule has 0 spiro atoms. The molecule has 2 N–H and O–H groups in total. The molecule has 2 aromatic rings. The fraction of sp³-hybridized carbons (Fsp3) is 0.462. The summed E-state index contributed by atoms with van der Waals surface area (Å²) in [7, 11) is 0. The molecule has 0 radical (unpaired) electrons. The fourth-order valence-corrected chi connectivity index (χ4v) is 3.41. The Hall–Kier alpha value is -1.69. The predicted octanol–water partition coefficient (Wildman–Crippen LogP) is 2.75. The van der Waals surface area contributed by atoms with Crippen molar-refractivity contribution in [2.45, 2.75) is 31.7 Å². The van der Waals surface area contributed by atoms with Crippen molar-refractivity contribution in [2.75, 3.05) is 5.32 Å². The Balaban J connectivity index is 1.87. The molecule has 0 aliphatic heterocycles. The molecule has 1 aliphatic carbocycles. The van der Waals surface area contributed by atoms with Gasteiger partial charge >= 0.3 is 5.97 Å². The Labute approximate surface area is 114 Å². The largest absolute Gasteiger partial charge is 0.481 e. The normalized spacial score (nSPS) is 23.4. The zero-order chi connectivity index (χ0) is 13.2. The second-order valence-electron chi connectivity index (χ2n) is 4.84. The number of anilines is 1. The molecule has 0 saturated heterocycles. The lowest BCUT2D eigenvalue weighted by molar-refractivity contribution is -0.143. The number of thiophene rings is 1. The Morgan fingerprint density at radius 1 is 1.37 bits per heavy atom. The van der Waals surface area contributed by atoms with Crippen molar-refractivity contribution in [1.29, 1.82) is 0 Å². The maximum Gasteiger partial charge on any atom is 0.308 e. The highest BCUT2D eigenvalue weighted by Crippen LogP contribution is 2.30. The van der Waals surface area contributed by atoms with E-state index in [2.05, 4.69) is 15.3 Å². The highest BCUT2D eigenvalue weighted by molar-refractivity contribution is 7.16.